The Morgan fingerprint density at radius 3 is 2.39 bits per heavy atom. The maximum Gasteiger partial charge on any atom is 0.191 e. The van der Waals surface area contributed by atoms with Crippen LogP contribution in [0.2, 0.25) is 0 Å². The van der Waals surface area contributed by atoms with E-state index in [1.807, 2.05) is 45.9 Å². The van der Waals surface area contributed by atoms with Crippen molar-refractivity contribution in [2.75, 3.05) is 18.8 Å². The molecule has 1 aromatic rings. The first kappa shape index (κ1) is 27.0. The van der Waals surface area contributed by atoms with Crippen LogP contribution in [0.25, 0.3) is 0 Å². The zero-order chi connectivity index (χ0) is 20.7. The molecule has 0 aromatic heterocycles. The molecule has 0 heterocycles. The van der Waals surface area contributed by atoms with Crippen molar-refractivity contribution in [1.29, 1.82) is 0 Å². The number of nitrogens with zero attached hydrogens (tertiary/aromatic N) is 1. The summed E-state index contributed by atoms with van der Waals surface area (Å²) >= 11 is 0. The number of sulfone groups is 1. The van der Waals surface area contributed by atoms with E-state index in [0.717, 1.165) is 16.9 Å². The summed E-state index contributed by atoms with van der Waals surface area (Å²) in [5.41, 5.74) is 2.13. The van der Waals surface area contributed by atoms with Crippen LogP contribution in [-0.4, -0.2) is 44.1 Å². The van der Waals surface area contributed by atoms with Crippen LogP contribution >= 0.6 is 24.0 Å². The standard InChI is InChI=1S/C20H35N3O3S.HI/c1-8-21-19(22-11-12-27(24,25)20(5,6)7)23-14-17-10-9-16(4)13-18(17)26-15(2)3;/h9-10,13,15H,8,11-12,14H2,1-7H3,(H2,21,22,23);1H. The molecule has 0 spiro atoms. The van der Waals surface area contributed by atoms with Crippen LogP contribution in [0.5, 0.6) is 5.75 Å². The molecule has 0 fully saturated rings. The number of aryl methyl sites for hydroxylation is 1. The molecule has 0 aliphatic carbocycles. The van der Waals surface area contributed by atoms with Crippen molar-refractivity contribution in [1.82, 2.24) is 10.6 Å². The summed E-state index contributed by atoms with van der Waals surface area (Å²) in [4.78, 5) is 4.58. The summed E-state index contributed by atoms with van der Waals surface area (Å²) in [7, 11) is -3.17. The Morgan fingerprint density at radius 1 is 1.21 bits per heavy atom. The van der Waals surface area contributed by atoms with Gasteiger partial charge >= 0.3 is 0 Å². The number of ether oxygens (including phenoxy) is 1. The normalized spacial score (nSPS) is 12.5. The quantitative estimate of drug-likeness (QED) is 0.308. The maximum atomic E-state index is 12.2. The number of rotatable bonds is 8. The second-order valence-corrected chi connectivity index (χ2v) is 10.7. The fourth-order valence-corrected chi connectivity index (χ4v) is 3.26. The summed E-state index contributed by atoms with van der Waals surface area (Å²) in [5.74, 6) is 1.49. The highest BCUT2D eigenvalue weighted by atomic mass is 127. The molecule has 28 heavy (non-hydrogen) atoms. The molecule has 6 nitrogen and oxygen atoms in total. The number of benzene rings is 1. The van der Waals surface area contributed by atoms with Crippen molar-refractivity contribution in [2.24, 2.45) is 4.99 Å². The van der Waals surface area contributed by atoms with E-state index in [4.69, 9.17) is 4.74 Å². The van der Waals surface area contributed by atoms with E-state index in [9.17, 15) is 8.42 Å². The third kappa shape index (κ3) is 8.98. The van der Waals surface area contributed by atoms with Gasteiger partial charge in [0.2, 0.25) is 0 Å². The highest BCUT2D eigenvalue weighted by Crippen LogP contribution is 2.22. The predicted molar refractivity (Wildman–Crippen MR) is 129 cm³/mol. The third-order valence-corrected chi connectivity index (χ3v) is 6.54. The molecule has 0 aliphatic rings. The van der Waals surface area contributed by atoms with Gasteiger partial charge in [-0.25, -0.2) is 13.4 Å². The second kappa shape index (κ2) is 11.8. The molecule has 162 valence electrons. The molecule has 0 atom stereocenters. The summed E-state index contributed by atoms with van der Waals surface area (Å²) in [6, 6.07) is 6.07. The van der Waals surface area contributed by atoms with Crippen LogP contribution in [-0.2, 0) is 16.4 Å². The molecule has 0 radical (unpaired) electrons. The Balaban J connectivity index is 0.00000729. The van der Waals surface area contributed by atoms with E-state index in [2.05, 4.69) is 15.6 Å². The van der Waals surface area contributed by atoms with Crippen molar-refractivity contribution >= 4 is 39.8 Å². The zero-order valence-corrected chi connectivity index (χ0v) is 21.3. The lowest BCUT2D eigenvalue weighted by Crippen LogP contribution is -2.41. The van der Waals surface area contributed by atoms with Gasteiger partial charge in [-0.1, -0.05) is 12.1 Å². The van der Waals surface area contributed by atoms with Gasteiger partial charge in [0, 0.05) is 18.7 Å². The lowest BCUT2D eigenvalue weighted by atomic mass is 10.1. The fraction of sp³-hybridized carbons (Fsp3) is 0.650. The minimum absolute atomic E-state index is 0. The molecule has 2 N–H and O–H groups in total. The lowest BCUT2D eigenvalue weighted by molar-refractivity contribution is 0.240. The van der Waals surface area contributed by atoms with Gasteiger partial charge in [-0.3, -0.25) is 0 Å². The Labute approximate surface area is 187 Å². The largest absolute Gasteiger partial charge is 0.491 e. The molecule has 1 rings (SSSR count). The van der Waals surface area contributed by atoms with Crippen LogP contribution in [0.15, 0.2) is 23.2 Å². The number of aliphatic imine (C=N–C) groups is 1. The minimum atomic E-state index is -3.17. The minimum Gasteiger partial charge on any atom is -0.491 e. The van der Waals surface area contributed by atoms with Gasteiger partial charge in [-0.15, -0.1) is 24.0 Å². The van der Waals surface area contributed by atoms with E-state index in [1.165, 1.54) is 0 Å². The summed E-state index contributed by atoms with van der Waals surface area (Å²) in [6.07, 6.45) is 0.0866. The average molecular weight is 525 g/mol. The molecule has 8 heteroatoms. The fourth-order valence-electron chi connectivity index (χ4n) is 2.27. The van der Waals surface area contributed by atoms with Gasteiger partial charge in [0.1, 0.15) is 5.75 Å². The molecule has 1 aromatic carbocycles. The van der Waals surface area contributed by atoms with Crippen molar-refractivity contribution in [3.8, 4) is 5.75 Å². The molecular formula is C20H36IN3O3S. The smallest absolute Gasteiger partial charge is 0.191 e. The van der Waals surface area contributed by atoms with E-state index >= 15 is 0 Å². The second-order valence-electron chi connectivity index (χ2n) is 7.83. The number of hydrogen-bond acceptors (Lipinski definition) is 4. The monoisotopic (exact) mass is 525 g/mol. The summed E-state index contributed by atoms with van der Waals surface area (Å²) < 4.78 is 29.6. The van der Waals surface area contributed by atoms with Gasteiger partial charge in [0.05, 0.1) is 23.1 Å². The van der Waals surface area contributed by atoms with Crippen molar-refractivity contribution in [3.05, 3.63) is 29.3 Å². The van der Waals surface area contributed by atoms with Crippen LogP contribution in [0.3, 0.4) is 0 Å². The number of nitrogens with one attached hydrogen (secondary N) is 2. The van der Waals surface area contributed by atoms with Gasteiger partial charge in [0.25, 0.3) is 0 Å². The average Bonchev–Trinajstić information content (AvgIpc) is 2.52. The Kier molecular flexibility index (Phi) is 11.4. The van der Waals surface area contributed by atoms with E-state index < -0.39 is 14.6 Å². The maximum absolute atomic E-state index is 12.2. The van der Waals surface area contributed by atoms with Crippen LogP contribution in [0, 0.1) is 6.92 Å². The Hall–Kier alpha value is -1.03. The van der Waals surface area contributed by atoms with Crippen LogP contribution in [0.1, 0.15) is 52.7 Å². The summed E-state index contributed by atoms with van der Waals surface area (Å²) in [6.45, 7) is 14.6. The highest BCUT2D eigenvalue weighted by molar-refractivity contribution is 14.0. The topological polar surface area (TPSA) is 79.8 Å². The number of halogens is 1. The third-order valence-electron chi connectivity index (χ3n) is 3.93. The van der Waals surface area contributed by atoms with Gasteiger partial charge in [0.15, 0.2) is 15.8 Å². The van der Waals surface area contributed by atoms with Crippen LogP contribution in [0.4, 0.5) is 0 Å². The molecule has 0 saturated heterocycles. The first-order chi connectivity index (χ1) is 12.5. The predicted octanol–water partition coefficient (Wildman–Crippen LogP) is 3.67. The highest BCUT2D eigenvalue weighted by Gasteiger charge is 2.28. The molecule has 0 bridgehead atoms. The first-order valence-electron chi connectivity index (χ1n) is 9.47. The Morgan fingerprint density at radius 2 is 1.86 bits per heavy atom. The van der Waals surface area contributed by atoms with E-state index in [1.54, 1.807) is 20.8 Å². The van der Waals surface area contributed by atoms with Crippen molar-refractivity contribution in [2.45, 2.75) is 65.9 Å². The van der Waals surface area contributed by atoms with E-state index in [0.29, 0.717) is 25.6 Å². The van der Waals surface area contributed by atoms with Gasteiger partial charge in [-0.2, -0.15) is 0 Å². The SMILES string of the molecule is CCNC(=NCc1ccc(C)cc1OC(C)C)NCCS(=O)(=O)C(C)(C)C.I. The van der Waals surface area contributed by atoms with Crippen molar-refractivity contribution in [3.63, 3.8) is 0 Å². The lowest BCUT2D eigenvalue weighted by Gasteiger charge is -2.20. The van der Waals surface area contributed by atoms with Crippen molar-refractivity contribution < 1.29 is 13.2 Å². The summed E-state index contributed by atoms with van der Waals surface area (Å²) in [5, 5.41) is 6.26. The van der Waals surface area contributed by atoms with Gasteiger partial charge in [-0.05, 0) is 60.1 Å². The molecule has 0 saturated carbocycles. The molecule has 0 aliphatic heterocycles. The first-order valence-corrected chi connectivity index (χ1v) is 11.1. The molecule has 0 unspecified atom stereocenters. The van der Waals surface area contributed by atoms with E-state index in [-0.39, 0.29) is 35.8 Å². The van der Waals surface area contributed by atoms with Gasteiger partial charge < -0.3 is 15.4 Å². The van der Waals surface area contributed by atoms with Crippen LogP contribution < -0.4 is 15.4 Å². The zero-order valence-electron chi connectivity index (χ0n) is 18.1. The Bertz CT molecular complexity index is 742. The molecular weight excluding hydrogens is 489 g/mol. The molecule has 0 amide bonds. The number of hydrogen-bond donors (Lipinski definition) is 2. The number of guanidine groups is 1.